The lowest BCUT2D eigenvalue weighted by atomic mass is 10.3. The molecule has 10 nitrogen and oxygen atoms in total. The monoisotopic (exact) mass is 540 g/mol. The number of methoxy groups -OCH3 is 2. The van der Waals surface area contributed by atoms with Gasteiger partial charge in [-0.25, -0.2) is 17.4 Å². The van der Waals surface area contributed by atoms with Crippen molar-refractivity contribution in [2.45, 2.75) is 17.0 Å². The van der Waals surface area contributed by atoms with Crippen LogP contribution in [0.2, 0.25) is 0 Å². The van der Waals surface area contributed by atoms with Crippen LogP contribution >= 0.6 is 11.8 Å². The summed E-state index contributed by atoms with van der Waals surface area (Å²) in [5.41, 5.74) is 1.90. The van der Waals surface area contributed by atoms with Crippen LogP contribution in [0.15, 0.2) is 76.8 Å². The molecule has 0 spiro atoms. The molecule has 0 aliphatic rings. The van der Waals surface area contributed by atoms with Crippen LogP contribution in [0.4, 0.5) is 11.4 Å². The van der Waals surface area contributed by atoms with Crippen molar-refractivity contribution in [3.63, 3.8) is 0 Å². The fourth-order valence-corrected chi connectivity index (χ4v) is 5.99. The Hall–Kier alpha value is -4.03. The zero-order valence-electron chi connectivity index (χ0n) is 20.2. The topological polar surface area (TPSA) is 129 Å². The molecule has 4 aromatic rings. The van der Waals surface area contributed by atoms with E-state index in [9.17, 15) is 18.0 Å². The SMILES string of the molecule is COc1ccc(S(=O)(=O)n2c(SCC(=O)Nc3ccc(NC(C)=O)cc3)nc3ccc(OC)cc32)cc1. The van der Waals surface area contributed by atoms with Gasteiger partial charge in [0.05, 0.1) is 35.9 Å². The molecule has 2 N–H and O–H groups in total. The highest BCUT2D eigenvalue weighted by atomic mass is 32.2. The van der Waals surface area contributed by atoms with Gasteiger partial charge in [0.15, 0.2) is 5.16 Å². The van der Waals surface area contributed by atoms with E-state index in [1.54, 1.807) is 54.6 Å². The molecule has 0 aliphatic heterocycles. The fraction of sp³-hybridized carbons (Fsp3) is 0.160. The molecule has 4 rings (SSSR count). The number of hydrogen-bond donors (Lipinski definition) is 2. The molecule has 0 aliphatic carbocycles. The molecule has 0 saturated heterocycles. The van der Waals surface area contributed by atoms with Crippen molar-refractivity contribution in [1.82, 2.24) is 8.96 Å². The summed E-state index contributed by atoms with van der Waals surface area (Å²) in [5.74, 6) is 0.350. The second-order valence-electron chi connectivity index (χ2n) is 7.79. The lowest BCUT2D eigenvalue weighted by molar-refractivity contribution is -0.114. The van der Waals surface area contributed by atoms with Crippen LogP contribution < -0.4 is 20.1 Å². The molecule has 2 amide bonds. The van der Waals surface area contributed by atoms with Crippen molar-refractivity contribution < 1.29 is 27.5 Å². The van der Waals surface area contributed by atoms with E-state index < -0.39 is 10.0 Å². The van der Waals surface area contributed by atoms with E-state index in [0.29, 0.717) is 33.9 Å². The van der Waals surface area contributed by atoms with Crippen LogP contribution in [0.5, 0.6) is 11.5 Å². The molecule has 37 heavy (non-hydrogen) atoms. The van der Waals surface area contributed by atoms with Crippen molar-refractivity contribution >= 4 is 56.0 Å². The molecule has 192 valence electrons. The Kier molecular flexibility index (Phi) is 7.69. The van der Waals surface area contributed by atoms with Gasteiger partial charge in [-0.15, -0.1) is 0 Å². The summed E-state index contributed by atoms with van der Waals surface area (Å²) in [6.07, 6.45) is 0. The number of ether oxygens (including phenoxy) is 2. The van der Waals surface area contributed by atoms with Gasteiger partial charge >= 0.3 is 0 Å². The normalized spacial score (nSPS) is 11.2. The number of rotatable bonds is 9. The molecule has 12 heteroatoms. The van der Waals surface area contributed by atoms with Gasteiger partial charge in [0.2, 0.25) is 11.8 Å². The predicted octanol–water partition coefficient (Wildman–Crippen LogP) is 3.98. The number of nitrogens with zero attached hydrogens (tertiary/aromatic N) is 2. The van der Waals surface area contributed by atoms with Crippen LogP contribution in [-0.2, 0) is 19.6 Å². The Morgan fingerprint density at radius 3 is 2.08 bits per heavy atom. The zero-order chi connectivity index (χ0) is 26.6. The molecular weight excluding hydrogens is 516 g/mol. The Labute approximate surface area is 218 Å². The number of hydrogen-bond acceptors (Lipinski definition) is 8. The number of benzene rings is 3. The first-order valence-corrected chi connectivity index (χ1v) is 13.4. The molecule has 1 aromatic heterocycles. The number of aromatic nitrogens is 2. The van der Waals surface area contributed by atoms with Gasteiger partial charge in [-0.05, 0) is 60.7 Å². The maximum absolute atomic E-state index is 13.7. The largest absolute Gasteiger partial charge is 0.497 e. The number of anilines is 2. The second-order valence-corrected chi connectivity index (χ2v) is 10.5. The summed E-state index contributed by atoms with van der Waals surface area (Å²) in [6, 6.07) is 17.6. The molecule has 3 aromatic carbocycles. The highest BCUT2D eigenvalue weighted by Gasteiger charge is 2.26. The highest BCUT2D eigenvalue weighted by molar-refractivity contribution is 8.00. The van der Waals surface area contributed by atoms with E-state index in [0.717, 1.165) is 15.7 Å². The van der Waals surface area contributed by atoms with E-state index in [2.05, 4.69) is 15.6 Å². The number of carbonyl (C=O) groups excluding carboxylic acids is 2. The third kappa shape index (κ3) is 5.87. The minimum Gasteiger partial charge on any atom is -0.497 e. The molecule has 1 heterocycles. The van der Waals surface area contributed by atoms with Gasteiger partial charge in [-0.1, -0.05) is 11.8 Å². The zero-order valence-corrected chi connectivity index (χ0v) is 21.9. The van der Waals surface area contributed by atoms with Gasteiger partial charge in [0.25, 0.3) is 10.0 Å². The number of fused-ring (bicyclic) bond motifs is 1. The summed E-state index contributed by atoms with van der Waals surface area (Å²) in [4.78, 5) is 28.3. The minimum atomic E-state index is -4.07. The summed E-state index contributed by atoms with van der Waals surface area (Å²) < 4.78 is 38.9. The number of imidazole rings is 1. The lowest BCUT2D eigenvalue weighted by Crippen LogP contribution is -2.17. The minimum absolute atomic E-state index is 0.0426. The first-order chi connectivity index (χ1) is 17.7. The lowest BCUT2D eigenvalue weighted by Gasteiger charge is -2.11. The first-order valence-electron chi connectivity index (χ1n) is 11.0. The molecular formula is C25H24N4O6S2. The third-order valence-corrected chi connectivity index (χ3v) is 7.98. The van der Waals surface area contributed by atoms with Crippen molar-refractivity contribution in [3.05, 3.63) is 66.7 Å². The van der Waals surface area contributed by atoms with Crippen molar-refractivity contribution in [1.29, 1.82) is 0 Å². The third-order valence-electron chi connectivity index (χ3n) is 5.21. The maximum Gasteiger partial charge on any atom is 0.270 e. The maximum atomic E-state index is 13.7. The standard InChI is InChI=1S/C25H24N4O6S2/c1-16(30)26-17-4-6-18(7-5-17)27-24(31)15-36-25-28-22-13-10-20(35-3)14-23(22)29(25)37(32,33)21-11-8-19(34-2)9-12-21/h4-14H,15H2,1-3H3,(H,26,30)(H,27,31). The van der Waals surface area contributed by atoms with Crippen LogP contribution in [-0.4, -0.2) is 49.2 Å². The molecule has 0 saturated carbocycles. The summed E-state index contributed by atoms with van der Waals surface area (Å²) in [5, 5.41) is 5.54. The number of amides is 2. The van der Waals surface area contributed by atoms with E-state index in [1.807, 2.05) is 0 Å². The average molecular weight is 541 g/mol. The Bertz CT molecular complexity index is 1550. The molecule has 0 bridgehead atoms. The highest BCUT2D eigenvalue weighted by Crippen LogP contribution is 2.31. The molecule has 0 unspecified atom stereocenters. The summed E-state index contributed by atoms with van der Waals surface area (Å²) in [6.45, 7) is 1.41. The number of carbonyl (C=O) groups is 2. The predicted molar refractivity (Wildman–Crippen MR) is 142 cm³/mol. The van der Waals surface area contributed by atoms with Crippen LogP contribution in [0.25, 0.3) is 11.0 Å². The average Bonchev–Trinajstić information content (AvgIpc) is 3.26. The second kappa shape index (κ2) is 10.9. The van der Waals surface area contributed by atoms with E-state index in [1.165, 1.54) is 33.3 Å². The number of thioether (sulfide) groups is 1. The number of nitrogens with one attached hydrogen (secondary N) is 2. The van der Waals surface area contributed by atoms with Gasteiger partial charge in [-0.2, -0.15) is 0 Å². The first kappa shape index (κ1) is 26.0. The van der Waals surface area contributed by atoms with Crippen LogP contribution in [0, 0.1) is 0 Å². The van der Waals surface area contributed by atoms with Crippen molar-refractivity contribution in [2.24, 2.45) is 0 Å². The Morgan fingerprint density at radius 1 is 0.892 bits per heavy atom. The molecule has 0 radical (unpaired) electrons. The van der Waals surface area contributed by atoms with Gasteiger partial charge < -0.3 is 20.1 Å². The van der Waals surface area contributed by atoms with Crippen molar-refractivity contribution in [2.75, 3.05) is 30.6 Å². The summed E-state index contributed by atoms with van der Waals surface area (Å²) >= 11 is 0.992. The van der Waals surface area contributed by atoms with Crippen molar-refractivity contribution in [3.8, 4) is 11.5 Å². The summed E-state index contributed by atoms with van der Waals surface area (Å²) in [7, 11) is -1.08. The van der Waals surface area contributed by atoms with Gasteiger partial charge in [-0.3, -0.25) is 9.59 Å². The van der Waals surface area contributed by atoms with Gasteiger partial charge in [0, 0.05) is 24.4 Å². The van der Waals surface area contributed by atoms with Gasteiger partial charge in [0.1, 0.15) is 11.5 Å². The van der Waals surface area contributed by atoms with Crippen LogP contribution in [0.3, 0.4) is 0 Å². The fourth-order valence-electron chi connectivity index (χ4n) is 3.48. The quantitative estimate of drug-likeness (QED) is 0.305. The smallest absolute Gasteiger partial charge is 0.270 e. The van der Waals surface area contributed by atoms with E-state index >= 15 is 0 Å². The molecule has 0 atom stereocenters. The van der Waals surface area contributed by atoms with E-state index in [-0.39, 0.29) is 27.6 Å². The van der Waals surface area contributed by atoms with E-state index in [4.69, 9.17) is 9.47 Å². The Morgan fingerprint density at radius 2 is 1.49 bits per heavy atom. The Balaban J connectivity index is 1.61. The molecule has 0 fully saturated rings. The van der Waals surface area contributed by atoms with Crippen LogP contribution in [0.1, 0.15) is 6.92 Å².